The maximum absolute atomic E-state index is 12.2. The molecular weight excluding hydrogens is 306 g/mol. The number of nitrogens with one attached hydrogen (secondary N) is 2. The second-order valence-electron chi connectivity index (χ2n) is 5.67. The molecule has 2 N–H and O–H groups in total. The van der Waals surface area contributed by atoms with Crippen molar-refractivity contribution < 1.29 is 4.79 Å². The van der Waals surface area contributed by atoms with Gasteiger partial charge in [-0.05, 0) is 37.5 Å². The van der Waals surface area contributed by atoms with Crippen LogP contribution in [-0.2, 0) is 19.5 Å². The smallest absolute Gasteiger partial charge is 0.251 e. The lowest BCUT2D eigenvalue weighted by atomic mass is 10.1. The summed E-state index contributed by atoms with van der Waals surface area (Å²) in [5, 5.41) is 9.65. The first-order valence-corrected chi connectivity index (χ1v) is 9.04. The van der Waals surface area contributed by atoms with Gasteiger partial charge in [-0.1, -0.05) is 26.0 Å². The molecule has 1 aromatic carbocycles. The zero-order chi connectivity index (χ0) is 16.7. The Balaban J connectivity index is 1.88. The molecule has 1 amide bonds. The summed E-state index contributed by atoms with van der Waals surface area (Å²) < 4.78 is 0. The number of nitrogens with zero attached hydrogens (tertiary/aromatic N) is 1. The highest BCUT2D eigenvalue weighted by Crippen LogP contribution is 2.10. The molecule has 0 aliphatic heterocycles. The van der Waals surface area contributed by atoms with Crippen LogP contribution >= 0.6 is 11.3 Å². The fourth-order valence-corrected chi connectivity index (χ4v) is 2.90. The van der Waals surface area contributed by atoms with Crippen molar-refractivity contribution in [2.75, 3.05) is 0 Å². The molecule has 1 atom stereocenters. The number of aryl methyl sites for hydroxylation is 1. The van der Waals surface area contributed by atoms with E-state index in [1.807, 2.05) is 31.2 Å². The lowest BCUT2D eigenvalue weighted by Crippen LogP contribution is -2.32. The minimum Gasteiger partial charge on any atom is -0.350 e. The number of carbonyl (C=O) groups is 1. The molecule has 0 saturated carbocycles. The molecule has 0 spiro atoms. The molecule has 1 heterocycles. The second-order valence-corrected chi connectivity index (χ2v) is 6.62. The van der Waals surface area contributed by atoms with Gasteiger partial charge in [0.15, 0.2) is 0 Å². The Morgan fingerprint density at radius 2 is 2.13 bits per heavy atom. The average molecular weight is 331 g/mol. The molecule has 2 aromatic rings. The van der Waals surface area contributed by atoms with E-state index < -0.39 is 0 Å². The van der Waals surface area contributed by atoms with E-state index in [1.165, 1.54) is 5.01 Å². The van der Waals surface area contributed by atoms with E-state index in [4.69, 9.17) is 0 Å². The third kappa shape index (κ3) is 5.44. The van der Waals surface area contributed by atoms with Gasteiger partial charge < -0.3 is 10.6 Å². The highest BCUT2D eigenvalue weighted by molar-refractivity contribution is 7.09. The average Bonchev–Trinajstić information content (AvgIpc) is 3.03. The summed E-state index contributed by atoms with van der Waals surface area (Å²) in [5.74, 6) is -0.00621. The summed E-state index contributed by atoms with van der Waals surface area (Å²) >= 11 is 1.71. The van der Waals surface area contributed by atoms with Crippen LogP contribution in [-0.4, -0.2) is 16.9 Å². The van der Waals surface area contributed by atoms with Crippen molar-refractivity contribution in [3.63, 3.8) is 0 Å². The van der Waals surface area contributed by atoms with Crippen LogP contribution < -0.4 is 10.6 Å². The Morgan fingerprint density at radius 1 is 1.30 bits per heavy atom. The second kappa shape index (κ2) is 8.79. The lowest BCUT2D eigenvalue weighted by Gasteiger charge is -2.12. The van der Waals surface area contributed by atoms with Crippen LogP contribution in [0.3, 0.4) is 0 Å². The molecule has 0 radical (unpaired) electrons. The summed E-state index contributed by atoms with van der Waals surface area (Å²) in [4.78, 5) is 16.7. The summed E-state index contributed by atoms with van der Waals surface area (Å²) in [5.41, 5.74) is 2.90. The van der Waals surface area contributed by atoms with E-state index >= 15 is 0 Å². The molecule has 124 valence electrons. The van der Waals surface area contributed by atoms with Crippen LogP contribution in [0.4, 0.5) is 0 Å². The number of carbonyl (C=O) groups excluding carboxylic acids is 1. The van der Waals surface area contributed by atoms with Crippen LogP contribution in [0.25, 0.3) is 0 Å². The van der Waals surface area contributed by atoms with Gasteiger partial charge in [0.25, 0.3) is 5.91 Å². The monoisotopic (exact) mass is 331 g/mol. The van der Waals surface area contributed by atoms with Crippen molar-refractivity contribution >= 4 is 17.2 Å². The van der Waals surface area contributed by atoms with E-state index in [-0.39, 0.29) is 11.9 Å². The quantitative estimate of drug-likeness (QED) is 0.778. The first kappa shape index (κ1) is 17.6. The van der Waals surface area contributed by atoms with Crippen molar-refractivity contribution in [1.82, 2.24) is 15.6 Å². The maximum atomic E-state index is 12.2. The molecule has 1 aromatic heterocycles. The molecule has 0 bridgehead atoms. The van der Waals surface area contributed by atoms with Crippen molar-refractivity contribution in [3.05, 3.63) is 51.5 Å². The van der Waals surface area contributed by atoms with Crippen LogP contribution in [0.5, 0.6) is 0 Å². The van der Waals surface area contributed by atoms with Gasteiger partial charge >= 0.3 is 0 Å². The Labute approximate surface area is 142 Å². The molecule has 0 fully saturated rings. The Kier molecular flexibility index (Phi) is 6.74. The summed E-state index contributed by atoms with van der Waals surface area (Å²) in [7, 11) is 0. The molecule has 5 heteroatoms. The fraction of sp³-hybridized carbons (Fsp3) is 0.444. The summed E-state index contributed by atoms with van der Waals surface area (Å²) in [6, 6.07) is 7.96. The van der Waals surface area contributed by atoms with E-state index in [0.29, 0.717) is 5.56 Å². The summed E-state index contributed by atoms with van der Waals surface area (Å²) in [6.45, 7) is 7.67. The zero-order valence-corrected chi connectivity index (χ0v) is 14.9. The number of thiazole rings is 1. The van der Waals surface area contributed by atoms with Gasteiger partial charge in [-0.2, -0.15) is 0 Å². The lowest BCUT2D eigenvalue weighted by molar-refractivity contribution is 0.0939. The number of rotatable bonds is 8. The van der Waals surface area contributed by atoms with Crippen LogP contribution in [0.15, 0.2) is 29.6 Å². The van der Waals surface area contributed by atoms with Crippen LogP contribution in [0, 0.1) is 0 Å². The number of amides is 1. The maximum Gasteiger partial charge on any atom is 0.251 e. The topological polar surface area (TPSA) is 54.0 Å². The van der Waals surface area contributed by atoms with Crippen molar-refractivity contribution in [2.24, 2.45) is 0 Å². The van der Waals surface area contributed by atoms with Gasteiger partial charge in [0.1, 0.15) is 0 Å². The normalized spacial score (nSPS) is 12.1. The Bertz CT molecular complexity index is 639. The predicted octanol–water partition coefficient (Wildman–Crippen LogP) is 3.52. The van der Waals surface area contributed by atoms with Crippen LogP contribution in [0.2, 0.25) is 0 Å². The third-order valence-corrected chi connectivity index (χ3v) is 4.76. The van der Waals surface area contributed by atoms with E-state index in [2.05, 4.69) is 34.8 Å². The SMILES string of the molecule is CCc1nc(CNCc2cccc(C(=O)NC(C)CC)c2)cs1. The minimum absolute atomic E-state index is 0.00621. The molecule has 23 heavy (non-hydrogen) atoms. The number of hydrogen-bond acceptors (Lipinski definition) is 4. The van der Waals surface area contributed by atoms with E-state index in [0.717, 1.165) is 37.2 Å². The first-order chi connectivity index (χ1) is 11.1. The Morgan fingerprint density at radius 3 is 2.83 bits per heavy atom. The van der Waals surface area contributed by atoms with Gasteiger partial charge in [-0.25, -0.2) is 4.98 Å². The fourth-order valence-electron chi connectivity index (χ4n) is 2.16. The van der Waals surface area contributed by atoms with Gasteiger partial charge in [0.05, 0.1) is 10.7 Å². The standard InChI is InChI=1S/C18H25N3OS/c1-4-13(3)20-18(22)15-8-6-7-14(9-15)10-19-11-16-12-23-17(5-2)21-16/h6-9,12-13,19H,4-5,10-11H2,1-3H3,(H,20,22). The molecule has 1 unspecified atom stereocenters. The molecular formula is C18H25N3OS. The number of benzene rings is 1. The number of aromatic nitrogens is 1. The highest BCUT2D eigenvalue weighted by Gasteiger charge is 2.09. The first-order valence-electron chi connectivity index (χ1n) is 8.16. The summed E-state index contributed by atoms with van der Waals surface area (Å²) in [6.07, 6.45) is 1.92. The third-order valence-electron chi connectivity index (χ3n) is 3.72. The number of hydrogen-bond donors (Lipinski definition) is 2. The van der Waals surface area contributed by atoms with Gasteiger partial charge in [0, 0.05) is 30.1 Å². The van der Waals surface area contributed by atoms with E-state index in [1.54, 1.807) is 11.3 Å². The van der Waals surface area contributed by atoms with Gasteiger partial charge in [-0.15, -0.1) is 11.3 Å². The molecule has 2 rings (SSSR count). The minimum atomic E-state index is -0.00621. The van der Waals surface area contributed by atoms with Gasteiger partial charge in [-0.3, -0.25) is 4.79 Å². The molecule has 0 saturated heterocycles. The molecule has 4 nitrogen and oxygen atoms in total. The largest absolute Gasteiger partial charge is 0.350 e. The van der Waals surface area contributed by atoms with Crippen LogP contribution in [0.1, 0.15) is 53.8 Å². The molecule has 0 aliphatic carbocycles. The van der Waals surface area contributed by atoms with Crippen molar-refractivity contribution in [3.8, 4) is 0 Å². The van der Waals surface area contributed by atoms with E-state index in [9.17, 15) is 4.79 Å². The molecule has 0 aliphatic rings. The Hall–Kier alpha value is -1.72. The predicted molar refractivity (Wildman–Crippen MR) is 95.7 cm³/mol. The highest BCUT2D eigenvalue weighted by atomic mass is 32.1. The van der Waals surface area contributed by atoms with Crippen molar-refractivity contribution in [2.45, 2.75) is 52.7 Å². The van der Waals surface area contributed by atoms with Gasteiger partial charge in [0.2, 0.25) is 0 Å². The van der Waals surface area contributed by atoms with Crippen molar-refractivity contribution in [1.29, 1.82) is 0 Å². The zero-order valence-electron chi connectivity index (χ0n) is 14.1.